The highest BCUT2D eigenvalue weighted by Crippen LogP contribution is 2.34. The van der Waals surface area contributed by atoms with Crippen LogP contribution < -0.4 is 0 Å². The molecule has 4 aromatic rings. The monoisotopic (exact) mass is 355 g/mol. The lowest BCUT2D eigenvalue weighted by molar-refractivity contribution is -0.0365. The normalized spacial score (nSPS) is 17.2. The molecule has 1 aliphatic heterocycles. The largest absolute Gasteiger partial charge is 0.356 e. The number of nitrogens with zero attached hydrogens (tertiary/aromatic N) is 5. The summed E-state index contributed by atoms with van der Waals surface area (Å²) in [5, 5.41) is 15.4. The van der Waals surface area contributed by atoms with Crippen molar-refractivity contribution in [2.45, 2.75) is 25.5 Å². The third-order valence-electron chi connectivity index (χ3n) is 4.98. The number of pyridine rings is 2. The zero-order valence-corrected chi connectivity index (χ0v) is 14.7. The van der Waals surface area contributed by atoms with Crippen LogP contribution in [0.15, 0.2) is 48.7 Å². The second-order valence-electron chi connectivity index (χ2n) is 6.67. The molecule has 27 heavy (non-hydrogen) atoms. The van der Waals surface area contributed by atoms with Crippen LogP contribution in [-0.4, -0.2) is 26.4 Å². The van der Waals surface area contributed by atoms with Gasteiger partial charge in [-0.1, -0.05) is 12.1 Å². The molecule has 1 aromatic carbocycles. The molecule has 1 atom stereocenters. The summed E-state index contributed by atoms with van der Waals surface area (Å²) in [6, 6.07) is 15.7. The third-order valence-corrected chi connectivity index (χ3v) is 4.98. The molecule has 0 saturated carbocycles. The molecule has 4 heterocycles. The van der Waals surface area contributed by atoms with Crippen molar-refractivity contribution < 1.29 is 4.74 Å². The summed E-state index contributed by atoms with van der Waals surface area (Å²) in [5.41, 5.74) is 4.62. The molecule has 0 bridgehead atoms. The number of para-hydroxylation sites is 1. The second kappa shape index (κ2) is 6.45. The number of aromatic nitrogens is 4. The minimum atomic E-state index is -0.147. The maximum absolute atomic E-state index is 9.62. The molecule has 0 N–H and O–H groups in total. The van der Waals surface area contributed by atoms with Crippen molar-refractivity contribution in [3.05, 3.63) is 54.2 Å². The molecule has 0 aliphatic carbocycles. The Kier molecular flexibility index (Phi) is 3.80. The summed E-state index contributed by atoms with van der Waals surface area (Å²) in [5.74, 6) is 0. The summed E-state index contributed by atoms with van der Waals surface area (Å²) in [7, 11) is 0. The summed E-state index contributed by atoms with van der Waals surface area (Å²) in [6.07, 6.45) is 4.66. The zero-order valence-electron chi connectivity index (χ0n) is 14.7. The molecule has 132 valence electrons. The minimum Gasteiger partial charge on any atom is -0.356 e. The van der Waals surface area contributed by atoms with Crippen molar-refractivity contribution in [3.63, 3.8) is 0 Å². The van der Waals surface area contributed by atoms with E-state index in [4.69, 9.17) is 14.8 Å². The molecule has 1 aliphatic rings. The van der Waals surface area contributed by atoms with Crippen LogP contribution in [-0.2, 0) is 4.74 Å². The topological polar surface area (TPSA) is 76.6 Å². The molecular formula is C21H17N5O. The molecule has 6 heteroatoms. The highest BCUT2D eigenvalue weighted by atomic mass is 16.5. The standard InChI is InChI=1S/C21H17N5O/c22-13-14-5-3-6-15-20(18-10-9-16-17(24-18)7-4-11-23-16)25-26(21(14)15)19-8-1-2-12-27-19/h3-7,9-11,19H,1-2,8,12H2. The van der Waals surface area contributed by atoms with Gasteiger partial charge in [0.2, 0.25) is 0 Å². The van der Waals surface area contributed by atoms with E-state index in [-0.39, 0.29) is 6.23 Å². The Morgan fingerprint density at radius 2 is 2.04 bits per heavy atom. The lowest BCUT2D eigenvalue weighted by Gasteiger charge is -2.23. The van der Waals surface area contributed by atoms with Crippen LogP contribution in [0, 0.1) is 11.3 Å². The van der Waals surface area contributed by atoms with Crippen LogP contribution in [0.4, 0.5) is 0 Å². The highest BCUT2D eigenvalue weighted by molar-refractivity contribution is 5.96. The first-order chi connectivity index (χ1) is 13.3. The maximum atomic E-state index is 9.62. The average molecular weight is 355 g/mol. The first-order valence-corrected chi connectivity index (χ1v) is 9.10. The molecule has 0 radical (unpaired) electrons. The van der Waals surface area contributed by atoms with Gasteiger partial charge in [-0.15, -0.1) is 0 Å². The number of rotatable bonds is 2. The van der Waals surface area contributed by atoms with Gasteiger partial charge in [0.25, 0.3) is 0 Å². The summed E-state index contributed by atoms with van der Waals surface area (Å²) < 4.78 is 7.82. The van der Waals surface area contributed by atoms with Crippen LogP contribution in [0.25, 0.3) is 33.3 Å². The number of hydrogen-bond donors (Lipinski definition) is 0. The van der Waals surface area contributed by atoms with E-state index < -0.39 is 0 Å². The molecule has 1 unspecified atom stereocenters. The van der Waals surface area contributed by atoms with Gasteiger partial charge in [0.05, 0.1) is 27.8 Å². The molecule has 3 aromatic heterocycles. The number of nitriles is 1. The Morgan fingerprint density at radius 1 is 1.07 bits per heavy atom. The van der Waals surface area contributed by atoms with Gasteiger partial charge in [0, 0.05) is 18.2 Å². The first-order valence-electron chi connectivity index (χ1n) is 9.10. The quantitative estimate of drug-likeness (QED) is 0.538. The maximum Gasteiger partial charge on any atom is 0.150 e. The predicted octanol–water partition coefficient (Wildman–Crippen LogP) is 4.22. The third kappa shape index (κ3) is 2.64. The Labute approximate surface area is 156 Å². The predicted molar refractivity (Wildman–Crippen MR) is 102 cm³/mol. The Hall–Kier alpha value is -3.30. The van der Waals surface area contributed by atoms with E-state index in [0.29, 0.717) is 5.56 Å². The molecular weight excluding hydrogens is 338 g/mol. The van der Waals surface area contributed by atoms with Crippen molar-refractivity contribution in [2.75, 3.05) is 6.61 Å². The van der Waals surface area contributed by atoms with E-state index in [1.165, 1.54) is 0 Å². The van der Waals surface area contributed by atoms with Gasteiger partial charge in [-0.2, -0.15) is 10.4 Å². The van der Waals surface area contributed by atoms with E-state index >= 15 is 0 Å². The molecule has 1 saturated heterocycles. The summed E-state index contributed by atoms with van der Waals surface area (Å²) in [4.78, 5) is 9.08. The van der Waals surface area contributed by atoms with Crippen LogP contribution in [0.2, 0.25) is 0 Å². The van der Waals surface area contributed by atoms with Crippen molar-refractivity contribution >= 4 is 21.9 Å². The van der Waals surface area contributed by atoms with Crippen LogP contribution in [0.5, 0.6) is 0 Å². The van der Waals surface area contributed by atoms with E-state index in [1.54, 1.807) is 6.20 Å². The minimum absolute atomic E-state index is 0.147. The van der Waals surface area contributed by atoms with Crippen molar-refractivity contribution in [2.24, 2.45) is 0 Å². The van der Waals surface area contributed by atoms with Crippen LogP contribution in [0.1, 0.15) is 31.1 Å². The second-order valence-corrected chi connectivity index (χ2v) is 6.67. The van der Waals surface area contributed by atoms with Crippen molar-refractivity contribution in [1.29, 1.82) is 5.26 Å². The van der Waals surface area contributed by atoms with Crippen LogP contribution >= 0.6 is 0 Å². The fourth-order valence-corrected chi connectivity index (χ4v) is 3.69. The fraction of sp³-hybridized carbons (Fsp3) is 0.238. The fourth-order valence-electron chi connectivity index (χ4n) is 3.69. The molecule has 0 amide bonds. The Morgan fingerprint density at radius 3 is 2.89 bits per heavy atom. The molecule has 6 nitrogen and oxygen atoms in total. The van der Waals surface area contributed by atoms with Crippen molar-refractivity contribution in [3.8, 4) is 17.5 Å². The van der Waals surface area contributed by atoms with E-state index in [1.807, 2.05) is 47.1 Å². The Bertz CT molecular complexity index is 1180. The van der Waals surface area contributed by atoms with Gasteiger partial charge in [0.15, 0.2) is 6.23 Å². The summed E-state index contributed by atoms with van der Waals surface area (Å²) >= 11 is 0. The molecule has 1 fully saturated rings. The smallest absolute Gasteiger partial charge is 0.150 e. The average Bonchev–Trinajstić information content (AvgIpc) is 3.14. The zero-order chi connectivity index (χ0) is 18.2. The first kappa shape index (κ1) is 15.9. The number of fused-ring (bicyclic) bond motifs is 2. The molecule has 0 spiro atoms. The number of ether oxygens (including phenoxy) is 1. The number of benzene rings is 1. The van der Waals surface area contributed by atoms with Crippen LogP contribution in [0.3, 0.4) is 0 Å². The number of hydrogen-bond acceptors (Lipinski definition) is 5. The van der Waals surface area contributed by atoms with Gasteiger partial charge >= 0.3 is 0 Å². The summed E-state index contributed by atoms with van der Waals surface area (Å²) in [6.45, 7) is 0.718. The lowest BCUT2D eigenvalue weighted by Crippen LogP contribution is -2.19. The van der Waals surface area contributed by atoms with E-state index in [0.717, 1.165) is 59.2 Å². The van der Waals surface area contributed by atoms with Gasteiger partial charge < -0.3 is 4.74 Å². The van der Waals surface area contributed by atoms with Gasteiger partial charge in [-0.05, 0) is 49.6 Å². The van der Waals surface area contributed by atoms with E-state index in [9.17, 15) is 5.26 Å². The SMILES string of the molecule is N#Cc1cccc2c(-c3ccc4ncccc4n3)nn(C3CCCCO3)c12. The van der Waals surface area contributed by atoms with Gasteiger partial charge in [0.1, 0.15) is 11.8 Å². The lowest BCUT2D eigenvalue weighted by atomic mass is 10.1. The van der Waals surface area contributed by atoms with Gasteiger partial charge in [-0.25, -0.2) is 9.67 Å². The molecule has 5 rings (SSSR count). The van der Waals surface area contributed by atoms with E-state index in [2.05, 4.69) is 11.1 Å². The van der Waals surface area contributed by atoms with Gasteiger partial charge in [-0.3, -0.25) is 4.98 Å². The highest BCUT2D eigenvalue weighted by Gasteiger charge is 2.24. The van der Waals surface area contributed by atoms with Crippen molar-refractivity contribution in [1.82, 2.24) is 19.7 Å². The Balaban J connectivity index is 1.75.